The topological polar surface area (TPSA) is 78.4 Å². The Morgan fingerprint density at radius 1 is 1.37 bits per heavy atom. The minimum absolute atomic E-state index is 0.0434. The van der Waals surface area contributed by atoms with Gasteiger partial charge in [-0.15, -0.1) is 0 Å². The number of carboxylic acids is 1. The molecule has 0 aliphatic rings. The number of carbonyl (C=O) groups is 2. The maximum Gasteiger partial charge on any atom is 0.319 e. The lowest BCUT2D eigenvalue weighted by Gasteiger charge is -2.14. The summed E-state index contributed by atoms with van der Waals surface area (Å²) in [4.78, 5) is 22.3. The van der Waals surface area contributed by atoms with E-state index in [1.807, 2.05) is 31.2 Å². The van der Waals surface area contributed by atoms with Crippen molar-refractivity contribution in [3.05, 3.63) is 27.8 Å². The first-order chi connectivity index (χ1) is 9.02. The molecular formula is C13H17IN2O3. The molecule has 0 aliphatic heterocycles. The van der Waals surface area contributed by atoms with Crippen LogP contribution < -0.4 is 10.6 Å². The first-order valence-electron chi connectivity index (χ1n) is 6.04. The number of aliphatic carboxylic acids is 1. The largest absolute Gasteiger partial charge is 0.481 e. The highest BCUT2D eigenvalue weighted by molar-refractivity contribution is 14.1. The highest BCUT2D eigenvalue weighted by atomic mass is 127. The quantitative estimate of drug-likeness (QED) is 0.668. The van der Waals surface area contributed by atoms with Crippen molar-refractivity contribution in [3.63, 3.8) is 0 Å². The molecule has 19 heavy (non-hydrogen) atoms. The predicted octanol–water partition coefficient (Wildman–Crippen LogP) is 2.91. The SMILES string of the molecule is CCC(CNC(=O)Nc1ccccc1I)CC(=O)O. The van der Waals surface area contributed by atoms with Crippen LogP contribution in [0.3, 0.4) is 0 Å². The van der Waals surface area contributed by atoms with Crippen molar-refractivity contribution in [1.82, 2.24) is 5.32 Å². The van der Waals surface area contributed by atoms with E-state index in [1.165, 1.54) is 0 Å². The summed E-state index contributed by atoms with van der Waals surface area (Å²) in [6.45, 7) is 2.27. The van der Waals surface area contributed by atoms with E-state index < -0.39 is 5.97 Å². The molecule has 1 rings (SSSR count). The Balaban J connectivity index is 2.43. The molecule has 104 valence electrons. The number of anilines is 1. The number of para-hydroxylation sites is 1. The van der Waals surface area contributed by atoms with Gasteiger partial charge in [0, 0.05) is 16.5 Å². The van der Waals surface area contributed by atoms with E-state index in [-0.39, 0.29) is 18.4 Å². The average molecular weight is 376 g/mol. The van der Waals surface area contributed by atoms with Crippen molar-refractivity contribution >= 4 is 40.3 Å². The van der Waals surface area contributed by atoms with Gasteiger partial charge in [0.15, 0.2) is 0 Å². The molecule has 0 aliphatic carbocycles. The van der Waals surface area contributed by atoms with Gasteiger partial charge < -0.3 is 15.7 Å². The van der Waals surface area contributed by atoms with Crippen LogP contribution in [0.15, 0.2) is 24.3 Å². The zero-order chi connectivity index (χ0) is 14.3. The molecule has 3 N–H and O–H groups in total. The summed E-state index contributed by atoms with van der Waals surface area (Å²) in [7, 11) is 0. The van der Waals surface area contributed by atoms with Crippen LogP contribution in [-0.4, -0.2) is 23.7 Å². The van der Waals surface area contributed by atoms with Crippen LogP contribution in [0.2, 0.25) is 0 Å². The average Bonchev–Trinajstić information content (AvgIpc) is 2.37. The minimum Gasteiger partial charge on any atom is -0.481 e. The van der Waals surface area contributed by atoms with Gasteiger partial charge in [0.2, 0.25) is 0 Å². The van der Waals surface area contributed by atoms with E-state index in [0.717, 1.165) is 15.7 Å². The second-order valence-electron chi connectivity index (χ2n) is 4.19. The van der Waals surface area contributed by atoms with Crippen molar-refractivity contribution in [2.45, 2.75) is 19.8 Å². The Morgan fingerprint density at radius 3 is 2.63 bits per heavy atom. The number of carbonyl (C=O) groups excluding carboxylic acids is 1. The van der Waals surface area contributed by atoms with Crippen LogP contribution in [0, 0.1) is 9.49 Å². The van der Waals surface area contributed by atoms with E-state index in [0.29, 0.717) is 6.54 Å². The number of hydrogen-bond donors (Lipinski definition) is 3. The van der Waals surface area contributed by atoms with Crippen molar-refractivity contribution in [3.8, 4) is 0 Å². The monoisotopic (exact) mass is 376 g/mol. The predicted molar refractivity (Wildman–Crippen MR) is 82.2 cm³/mol. The second-order valence-corrected chi connectivity index (χ2v) is 5.35. The third-order valence-corrected chi connectivity index (χ3v) is 3.65. The van der Waals surface area contributed by atoms with Crippen molar-refractivity contribution < 1.29 is 14.7 Å². The molecule has 1 unspecified atom stereocenters. The standard InChI is InChI=1S/C13H17IN2O3/c1-2-9(7-12(17)18)8-15-13(19)16-11-6-4-3-5-10(11)14/h3-6,9H,2,7-8H2,1H3,(H,17,18)(H2,15,16,19). The molecular weight excluding hydrogens is 359 g/mol. The summed E-state index contributed by atoms with van der Waals surface area (Å²) < 4.78 is 0.952. The number of rotatable bonds is 6. The normalized spacial score (nSPS) is 11.7. The fraction of sp³-hybridized carbons (Fsp3) is 0.385. The van der Waals surface area contributed by atoms with Gasteiger partial charge in [0.25, 0.3) is 0 Å². The highest BCUT2D eigenvalue weighted by Crippen LogP contribution is 2.16. The third-order valence-electron chi connectivity index (χ3n) is 2.71. The summed E-state index contributed by atoms with van der Waals surface area (Å²) >= 11 is 2.14. The molecule has 0 saturated carbocycles. The molecule has 1 aromatic rings. The van der Waals surface area contributed by atoms with Crippen LogP contribution in [0.1, 0.15) is 19.8 Å². The van der Waals surface area contributed by atoms with Crippen LogP contribution in [0.5, 0.6) is 0 Å². The number of hydrogen-bond acceptors (Lipinski definition) is 2. The van der Waals surface area contributed by atoms with Crippen LogP contribution in [-0.2, 0) is 4.79 Å². The third kappa shape index (κ3) is 5.91. The van der Waals surface area contributed by atoms with Crippen LogP contribution >= 0.6 is 22.6 Å². The number of nitrogens with one attached hydrogen (secondary N) is 2. The summed E-state index contributed by atoms with van der Waals surface area (Å²) in [6, 6.07) is 7.14. The van der Waals surface area contributed by atoms with E-state index in [4.69, 9.17) is 5.11 Å². The molecule has 0 saturated heterocycles. The van der Waals surface area contributed by atoms with Crippen LogP contribution in [0.25, 0.3) is 0 Å². The Hall–Kier alpha value is -1.31. The van der Waals surface area contributed by atoms with Crippen molar-refractivity contribution in [1.29, 1.82) is 0 Å². The first kappa shape index (κ1) is 15.7. The lowest BCUT2D eigenvalue weighted by atomic mass is 10.0. The maximum atomic E-state index is 11.7. The van der Waals surface area contributed by atoms with E-state index in [1.54, 1.807) is 0 Å². The maximum absolute atomic E-state index is 11.7. The summed E-state index contributed by atoms with van der Waals surface area (Å²) in [5.41, 5.74) is 0.742. The molecule has 1 atom stereocenters. The van der Waals surface area contributed by atoms with Gasteiger partial charge in [-0.2, -0.15) is 0 Å². The van der Waals surface area contributed by atoms with Crippen molar-refractivity contribution in [2.24, 2.45) is 5.92 Å². The van der Waals surface area contributed by atoms with E-state index in [2.05, 4.69) is 33.2 Å². The Bertz CT molecular complexity index is 451. The zero-order valence-corrected chi connectivity index (χ0v) is 12.8. The van der Waals surface area contributed by atoms with E-state index >= 15 is 0 Å². The molecule has 0 fully saturated rings. The smallest absolute Gasteiger partial charge is 0.319 e. The number of urea groups is 1. The first-order valence-corrected chi connectivity index (χ1v) is 7.12. The summed E-state index contributed by atoms with van der Waals surface area (Å²) in [6.07, 6.45) is 0.787. The molecule has 0 aromatic heterocycles. The lowest BCUT2D eigenvalue weighted by molar-refractivity contribution is -0.138. The van der Waals surface area contributed by atoms with Gasteiger partial charge in [-0.05, 0) is 40.6 Å². The minimum atomic E-state index is -0.841. The van der Waals surface area contributed by atoms with Gasteiger partial charge in [0.05, 0.1) is 5.69 Å². The zero-order valence-electron chi connectivity index (χ0n) is 10.6. The summed E-state index contributed by atoms with van der Waals surface area (Å²) in [5, 5.41) is 14.2. The second kappa shape index (κ2) is 7.98. The number of halogens is 1. The van der Waals surface area contributed by atoms with Gasteiger partial charge in [-0.1, -0.05) is 25.5 Å². The molecule has 6 heteroatoms. The molecule has 0 heterocycles. The fourth-order valence-corrected chi connectivity index (χ4v) is 2.10. The number of carboxylic acid groups (broad SMARTS) is 1. The van der Waals surface area contributed by atoms with E-state index in [9.17, 15) is 9.59 Å². The molecule has 1 aromatic carbocycles. The van der Waals surface area contributed by atoms with Gasteiger partial charge in [-0.25, -0.2) is 4.79 Å². The van der Waals surface area contributed by atoms with Gasteiger partial charge >= 0.3 is 12.0 Å². The fourth-order valence-electron chi connectivity index (χ4n) is 1.57. The van der Waals surface area contributed by atoms with Crippen molar-refractivity contribution in [2.75, 3.05) is 11.9 Å². The Morgan fingerprint density at radius 2 is 2.05 bits per heavy atom. The lowest BCUT2D eigenvalue weighted by Crippen LogP contribution is -2.33. The molecule has 2 amide bonds. The van der Waals surface area contributed by atoms with Crippen LogP contribution in [0.4, 0.5) is 10.5 Å². The Kier molecular flexibility index (Phi) is 6.61. The number of amides is 2. The molecule has 5 nitrogen and oxygen atoms in total. The molecule has 0 radical (unpaired) electrons. The van der Waals surface area contributed by atoms with Gasteiger partial charge in [0.1, 0.15) is 0 Å². The molecule has 0 spiro atoms. The Labute approximate surface area is 125 Å². The summed E-state index contributed by atoms with van der Waals surface area (Å²) in [5.74, 6) is -0.884. The van der Waals surface area contributed by atoms with Gasteiger partial charge in [-0.3, -0.25) is 4.79 Å². The number of benzene rings is 1. The molecule has 0 bridgehead atoms. The highest BCUT2D eigenvalue weighted by Gasteiger charge is 2.12.